The highest BCUT2D eigenvalue weighted by Crippen LogP contribution is 2.28. The summed E-state index contributed by atoms with van der Waals surface area (Å²) in [5.74, 6) is 1.33. The molecule has 1 atom stereocenters. The minimum Gasteiger partial charge on any atom is -0.497 e. The minimum atomic E-state index is -0.643. The van der Waals surface area contributed by atoms with Gasteiger partial charge in [-0.3, -0.25) is 4.79 Å². The Morgan fingerprint density at radius 3 is 2.33 bits per heavy atom. The van der Waals surface area contributed by atoms with E-state index in [0.29, 0.717) is 10.8 Å². The van der Waals surface area contributed by atoms with Crippen LogP contribution < -0.4 is 9.47 Å². The maximum Gasteiger partial charge on any atom is 0.181 e. The van der Waals surface area contributed by atoms with Gasteiger partial charge in [0.25, 0.3) is 0 Å². The number of aryl methyl sites for hydroxylation is 1. The van der Waals surface area contributed by atoms with Gasteiger partial charge >= 0.3 is 0 Å². The second kappa shape index (κ2) is 6.64. The van der Waals surface area contributed by atoms with Gasteiger partial charge in [0.05, 0.1) is 7.11 Å². The van der Waals surface area contributed by atoms with E-state index in [1.165, 1.54) is 6.92 Å². The molecule has 2 aromatic carbocycles. The number of halogens is 1. The van der Waals surface area contributed by atoms with Crippen LogP contribution in [0.2, 0.25) is 5.02 Å². The van der Waals surface area contributed by atoms with Crippen molar-refractivity contribution in [1.29, 1.82) is 0 Å². The van der Waals surface area contributed by atoms with Gasteiger partial charge in [0, 0.05) is 10.6 Å². The Balaban J connectivity index is 2.28. The molecule has 2 rings (SSSR count). The lowest BCUT2D eigenvalue weighted by atomic mass is 10.1. The molecule has 21 heavy (non-hydrogen) atoms. The van der Waals surface area contributed by atoms with E-state index < -0.39 is 6.10 Å². The molecule has 0 heterocycles. The van der Waals surface area contributed by atoms with Crippen LogP contribution in [-0.4, -0.2) is 12.9 Å². The summed E-state index contributed by atoms with van der Waals surface area (Å²) in [6.45, 7) is 3.41. The first-order chi connectivity index (χ1) is 10.0. The summed E-state index contributed by atoms with van der Waals surface area (Å²) in [4.78, 5) is 11.9. The number of benzene rings is 2. The number of carbonyl (C=O) groups is 1. The maximum absolute atomic E-state index is 11.9. The number of carbonyl (C=O) groups excluding carboxylic acids is 1. The Morgan fingerprint density at radius 1 is 1.14 bits per heavy atom. The molecule has 0 aromatic heterocycles. The van der Waals surface area contributed by atoms with Gasteiger partial charge in [-0.1, -0.05) is 23.7 Å². The molecule has 0 N–H and O–H groups in total. The summed E-state index contributed by atoms with van der Waals surface area (Å²) in [6, 6.07) is 12.6. The smallest absolute Gasteiger partial charge is 0.181 e. The van der Waals surface area contributed by atoms with Gasteiger partial charge in [-0.2, -0.15) is 0 Å². The molecular weight excluding hydrogens is 288 g/mol. The zero-order valence-electron chi connectivity index (χ0n) is 12.2. The molecule has 0 amide bonds. The summed E-state index contributed by atoms with van der Waals surface area (Å²) in [6.07, 6.45) is -0.643. The number of methoxy groups -OCH3 is 1. The molecule has 4 heteroatoms. The predicted octanol–water partition coefficient (Wildman–Crippen LogP) is 4.37. The lowest BCUT2D eigenvalue weighted by molar-refractivity contribution is -0.123. The van der Waals surface area contributed by atoms with Crippen molar-refractivity contribution in [3.63, 3.8) is 0 Å². The minimum absolute atomic E-state index is 0.0606. The fourth-order valence-electron chi connectivity index (χ4n) is 2.04. The van der Waals surface area contributed by atoms with E-state index in [1.54, 1.807) is 19.2 Å². The fourth-order valence-corrected chi connectivity index (χ4v) is 2.26. The second-order valence-corrected chi connectivity index (χ2v) is 5.23. The molecule has 110 valence electrons. The van der Waals surface area contributed by atoms with Crippen molar-refractivity contribution in [3.8, 4) is 11.5 Å². The SMILES string of the molecule is COc1ccc(C(Oc2ccc(Cl)cc2C)C(C)=O)cc1. The molecule has 0 aliphatic heterocycles. The van der Waals surface area contributed by atoms with E-state index in [1.807, 2.05) is 37.3 Å². The molecule has 0 saturated heterocycles. The molecule has 0 aliphatic carbocycles. The third-order valence-corrected chi connectivity index (χ3v) is 3.40. The van der Waals surface area contributed by atoms with Gasteiger partial charge in [-0.15, -0.1) is 0 Å². The van der Waals surface area contributed by atoms with Crippen molar-refractivity contribution < 1.29 is 14.3 Å². The van der Waals surface area contributed by atoms with Gasteiger partial charge < -0.3 is 9.47 Å². The zero-order chi connectivity index (χ0) is 15.4. The normalized spacial score (nSPS) is 11.8. The molecule has 1 unspecified atom stereocenters. The van der Waals surface area contributed by atoms with Gasteiger partial charge in [0.1, 0.15) is 11.5 Å². The summed E-state index contributed by atoms with van der Waals surface area (Å²) in [5, 5.41) is 0.642. The molecule has 0 aliphatic rings. The monoisotopic (exact) mass is 304 g/mol. The van der Waals surface area contributed by atoms with Crippen molar-refractivity contribution in [2.24, 2.45) is 0 Å². The third kappa shape index (κ3) is 3.76. The summed E-state index contributed by atoms with van der Waals surface area (Å²) < 4.78 is 11.0. The van der Waals surface area contributed by atoms with Gasteiger partial charge in [-0.05, 0) is 49.7 Å². The molecule has 0 spiro atoms. The van der Waals surface area contributed by atoms with Crippen LogP contribution >= 0.6 is 11.6 Å². The largest absolute Gasteiger partial charge is 0.497 e. The van der Waals surface area contributed by atoms with E-state index in [4.69, 9.17) is 21.1 Å². The van der Waals surface area contributed by atoms with Crippen molar-refractivity contribution >= 4 is 17.4 Å². The van der Waals surface area contributed by atoms with E-state index in [2.05, 4.69) is 0 Å². The van der Waals surface area contributed by atoms with Crippen LogP contribution in [0.4, 0.5) is 0 Å². The van der Waals surface area contributed by atoms with Gasteiger partial charge in [0.15, 0.2) is 11.9 Å². The van der Waals surface area contributed by atoms with Crippen LogP contribution in [0, 0.1) is 6.92 Å². The predicted molar refractivity (Wildman–Crippen MR) is 83.2 cm³/mol. The highest BCUT2D eigenvalue weighted by molar-refractivity contribution is 6.30. The van der Waals surface area contributed by atoms with Crippen molar-refractivity contribution in [2.45, 2.75) is 20.0 Å². The standard InChI is InChI=1S/C17H17ClO3/c1-11-10-14(18)6-9-16(11)21-17(12(2)19)13-4-7-15(20-3)8-5-13/h4-10,17H,1-3H3. The van der Waals surface area contributed by atoms with Crippen molar-refractivity contribution in [3.05, 3.63) is 58.6 Å². The Morgan fingerprint density at radius 2 is 1.81 bits per heavy atom. The van der Waals surface area contributed by atoms with Crippen molar-refractivity contribution in [1.82, 2.24) is 0 Å². The summed E-state index contributed by atoms with van der Waals surface area (Å²) in [7, 11) is 1.60. The van der Waals surface area contributed by atoms with Crippen LogP contribution in [-0.2, 0) is 4.79 Å². The van der Waals surface area contributed by atoms with E-state index >= 15 is 0 Å². The number of hydrogen-bond donors (Lipinski definition) is 0. The average molecular weight is 305 g/mol. The van der Waals surface area contributed by atoms with E-state index in [9.17, 15) is 4.79 Å². The van der Waals surface area contributed by atoms with Crippen LogP contribution in [0.5, 0.6) is 11.5 Å². The third-order valence-electron chi connectivity index (χ3n) is 3.17. The molecule has 0 saturated carbocycles. The second-order valence-electron chi connectivity index (χ2n) is 4.79. The Kier molecular flexibility index (Phi) is 4.86. The highest BCUT2D eigenvalue weighted by atomic mass is 35.5. The molecule has 3 nitrogen and oxygen atoms in total. The van der Waals surface area contributed by atoms with Crippen LogP contribution in [0.3, 0.4) is 0 Å². The van der Waals surface area contributed by atoms with Crippen LogP contribution in [0.15, 0.2) is 42.5 Å². The lowest BCUT2D eigenvalue weighted by Crippen LogP contribution is -2.16. The lowest BCUT2D eigenvalue weighted by Gasteiger charge is -2.18. The molecule has 0 radical (unpaired) electrons. The molecule has 0 bridgehead atoms. The van der Waals surface area contributed by atoms with Gasteiger partial charge in [-0.25, -0.2) is 0 Å². The van der Waals surface area contributed by atoms with Crippen molar-refractivity contribution in [2.75, 3.05) is 7.11 Å². The van der Waals surface area contributed by atoms with E-state index in [-0.39, 0.29) is 5.78 Å². The molecular formula is C17H17ClO3. The first-order valence-electron chi connectivity index (χ1n) is 6.58. The quantitative estimate of drug-likeness (QED) is 0.823. The average Bonchev–Trinajstić information content (AvgIpc) is 2.46. The molecule has 2 aromatic rings. The number of rotatable bonds is 5. The Bertz CT molecular complexity index is 635. The Hall–Kier alpha value is -2.00. The zero-order valence-corrected chi connectivity index (χ0v) is 13.0. The topological polar surface area (TPSA) is 35.5 Å². The Labute approximate surface area is 129 Å². The van der Waals surface area contributed by atoms with Crippen LogP contribution in [0.1, 0.15) is 24.2 Å². The number of Topliss-reactive ketones (excluding diaryl/α,β-unsaturated/α-hetero) is 1. The first-order valence-corrected chi connectivity index (χ1v) is 6.96. The number of ketones is 1. The maximum atomic E-state index is 11.9. The summed E-state index contributed by atoms with van der Waals surface area (Å²) >= 11 is 5.93. The summed E-state index contributed by atoms with van der Waals surface area (Å²) in [5.41, 5.74) is 1.68. The fraction of sp³-hybridized carbons (Fsp3) is 0.235. The first kappa shape index (κ1) is 15.4. The van der Waals surface area contributed by atoms with Gasteiger partial charge in [0.2, 0.25) is 0 Å². The molecule has 0 fully saturated rings. The number of hydrogen-bond acceptors (Lipinski definition) is 3. The van der Waals surface area contributed by atoms with Crippen LogP contribution in [0.25, 0.3) is 0 Å². The number of ether oxygens (including phenoxy) is 2. The highest BCUT2D eigenvalue weighted by Gasteiger charge is 2.19. The van der Waals surface area contributed by atoms with E-state index in [0.717, 1.165) is 16.9 Å².